The van der Waals surface area contributed by atoms with Crippen molar-refractivity contribution in [1.82, 2.24) is 5.32 Å². The number of allylic oxidation sites excluding steroid dienone is 12. The summed E-state index contributed by atoms with van der Waals surface area (Å²) >= 11 is 0. The predicted molar refractivity (Wildman–Crippen MR) is 178 cm³/mol. The van der Waals surface area contributed by atoms with Crippen molar-refractivity contribution in [2.75, 3.05) is 7.11 Å². The molecule has 1 aliphatic carbocycles. The van der Waals surface area contributed by atoms with Crippen molar-refractivity contribution in [3.63, 3.8) is 0 Å². The minimum absolute atomic E-state index is 0.0229. The van der Waals surface area contributed by atoms with Crippen molar-refractivity contribution >= 4 is 28.9 Å². The Kier molecular flexibility index (Phi) is 7.88. The number of ketones is 1. The topological polar surface area (TPSA) is 113 Å². The second-order valence-electron chi connectivity index (χ2n) is 13.1. The Balaban J connectivity index is 1.62. The van der Waals surface area contributed by atoms with E-state index in [4.69, 9.17) is 19.7 Å². The van der Waals surface area contributed by atoms with E-state index in [9.17, 15) is 14.7 Å². The van der Waals surface area contributed by atoms with E-state index in [0.29, 0.717) is 42.2 Å². The lowest BCUT2D eigenvalue weighted by Crippen LogP contribution is -2.16. The Morgan fingerprint density at radius 2 is 1.76 bits per heavy atom. The van der Waals surface area contributed by atoms with Gasteiger partial charge in [-0.05, 0) is 86.5 Å². The molecule has 0 aromatic heterocycles. The first-order valence-corrected chi connectivity index (χ1v) is 16.0. The van der Waals surface area contributed by atoms with Crippen LogP contribution in [0.2, 0.25) is 0 Å². The van der Waals surface area contributed by atoms with Gasteiger partial charge in [-0.2, -0.15) is 0 Å². The van der Waals surface area contributed by atoms with Crippen LogP contribution in [-0.4, -0.2) is 41.1 Å². The molecule has 2 atom stereocenters. The van der Waals surface area contributed by atoms with E-state index >= 15 is 0 Å². The smallest absolute Gasteiger partial charge is 0.305 e. The van der Waals surface area contributed by atoms with Crippen LogP contribution in [0.1, 0.15) is 80.6 Å². The van der Waals surface area contributed by atoms with Gasteiger partial charge in [0.05, 0.1) is 41.3 Å². The van der Waals surface area contributed by atoms with Gasteiger partial charge in [-0.15, -0.1) is 0 Å². The highest BCUT2D eigenvalue weighted by Gasteiger charge is 2.42. The molecule has 234 valence electrons. The third-order valence-electron chi connectivity index (χ3n) is 9.76. The monoisotopic (exact) mass is 606 g/mol. The molecule has 6 rings (SSSR count). The van der Waals surface area contributed by atoms with Gasteiger partial charge in [-0.3, -0.25) is 9.59 Å². The van der Waals surface area contributed by atoms with E-state index in [1.165, 1.54) is 7.11 Å². The molecule has 8 heteroatoms. The van der Waals surface area contributed by atoms with Crippen LogP contribution in [0.4, 0.5) is 0 Å². The van der Waals surface area contributed by atoms with Gasteiger partial charge in [0.1, 0.15) is 5.76 Å². The summed E-state index contributed by atoms with van der Waals surface area (Å²) in [6, 6.07) is 0. The Morgan fingerprint density at radius 1 is 1.04 bits per heavy atom. The van der Waals surface area contributed by atoms with Crippen LogP contribution in [-0.2, 0) is 14.3 Å². The summed E-state index contributed by atoms with van der Waals surface area (Å²) in [5, 5.41) is 15.1. The maximum atomic E-state index is 13.0. The van der Waals surface area contributed by atoms with Gasteiger partial charge in [-0.1, -0.05) is 27.7 Å². The van der Waals surface area contributed by atoms with Crippen LogP contribution >= 0.6 is 0 Å². The number of esters is 1. The van der Waals surface area contributed by atoms with Gasteiger partial charge in [0.25, 0.3) is 0 Å². The largest absolute Gasteiger partial charge is 0.511 e. The average molecular weight is 607 g/mol. The number of nitrogens with one attached hydrogen (secondary N) is 1. The first-order valence-electron chi connectivity index (χ1n) is 16.0. The second-order valence-corrected chi connectivity index (χ2v) is 13.1. The number of hydrogen-bond acceptors (Lipinski definition) is 8. The summed E-state index contributed by atoms with van der Waals surface area (Å²) < 4.78 is 4.99. The number of nitrogens with zero attached hydrogens (tertiary/aromatic N) is 3. The maximum Gasteiger partial charge on any atom is 0.305 e. The zero-order valence-corrected chi connectivity index (χ0v) is 27.5. The molecule has 0 aromatic rings. The fourth-order valence-electron chi connectivity index (χ4n) is 7.39. The van der Waals surface area contributed by atoms with Crippen LogP contribution in [0.5, 0.6) is 0 Å². The number of methoxy groups -OCH3 is 1. The number of aliphatic hydroxyl groups is 1. The normalized spacial score (nSPS) is 23.9. The molecule has 8 nitrogen and oxygen atoms in total. The molecule has 0 spiro atoms. The van der Waals surface area contributed by atoms with Crippen LogP contribution in [0.3, 0.4) is 0 Å². The van der Waals surface area contributed by atoms with E-state index in [1.54, 1.807) is 6.92 Å². The second kappa shape index (κ2) is 11.5. The Morgan fingerprint density at radius 3 is 2.42 bits per heavy atom. The zero-order chi connectivity index (χ0) is 32.3. The lowest BCUT2D eigenvalue weighted by atomic mass is 9.86. The minimum atomic E-state index is -0.255. The zero-order valence-electron chi connectivity index (χ0n) is 27.5. The molecule has 5 aliphatic heterocycles. The van der Waals surface area contributed by atoms with Gasteiger partial charge in [0, 0.05) is 52.8 Å². The molecule has 0 saturated carbocycles. The Labute approximate surface area is 265 Å². The van der Waals surface area contributed by atoms with E-state index in [2.05, 4.69) is 46.0 Å². The third-order valence-corrected chi connectivity index (χ3v) is 9.76. The molecule has 1 fully saturated rings. The molecule has 6 aliphatic rings. The number of carbonyl (C=O) groups is 2. The van der Waals surface area contributed by atoms with E-state index < -0.39 is 0 Å². The highest BCUT2D eigenvalue weighted by atomic mass is 16.5. The number of Topliss-reactive ketones (excluding diaryl/α,β-unsaturated/α-hetero) is 1. The highest BCUT2D eigenvalue weighted by Crippen LogP contribution is 2.47. The van der Waals surface area contributed by atoms with Crippen molar-refractivity contribution in [1.29, 1.82) is 0 Å². The first-order chi connectivity index (χ1) is 21.4. The highest BCUT2D eigenvalue weighted by molar-refractivity contribution is 6.22. The first kappa shape index (κ1) is 30.7. The Bertz CT molecular complexity index is 1800. The standard InChI is InChI=1S/C37H42N4O4/c1-9-22-29-16-30-24(12-17(2)3)19(5)26(38-30)15-31-34(21(7)42)20(6)28(39-31)14-27-18(4)23(10-11-33(44)45-8)36(40-27)25-13-32(43)35(22)37(25)41-29/h14-18,23,40,43H,9-13H2,1-8H3/t18-,23-/m0/s1. The molecule has 0 amide bonds. The SMILES string of the molecule is CCC1=C2C=C3N=C(C=C4N=C(C=C5NC(=C6CC(O)=C1C6=N2)[C@@H](CCC(=O)OC)[C@@H]5C)C(C)=C4C(C)=O)C(C)=C3CC(C)C. The van der Waals surface area contributed by atoms with Crippen LogP contribution < -0.4 is 5.32 Å². The summed E-state index contributed by atoms with van der Waals surface area (Å²) in [6.07, 6.45) is 8.83. The number of carbonyl (C=O) groups excluding carboxylic acids is 2. The molecule has 1 saturated heterocycles. The van der Waals surface area contributed by atoms with E-state index in [0.717, 1.165) is 79.8 Å². The molecule has 0 radical (unpaired) electrons. The molecular formula is C37H42N4O4. The number of fused-ring (bicyclic) bond motifs is 5. The van der Waals surface area contributed by atoms with Crippen molar-refractivity contribution in [3.8, 4) is 0 Å². The van der Waals surface area contributed by atoms with Gasteiger partial charge in [0.2, 0.25) is 0 Å². The van der Waals surface area contributed by atoms with Gasteiger partial charge < -0.3 is 15.2 Å². The van der Waals surface area contributed by atoms with Crippen molar-refractivity contribution in [2.24, 2.45) is 32.7 Å². The number of aliphatic imine (C=N–C) groups is 3. The molecule has 0 unspecified atom stereocenters. The summed E-state index contributed by atoms with van der Waals surface area (Å²) in [6.45, 7) is 14.3. The molecule has 5 heterocycles. The van der Waals surface area contributed by atoms with Gasteiger partial charge in [-0.25, -0.2) is 15.0 Å². The number of rotatable bonds is 7. The van der Waals surface area contributed by atoms with Gasteiger partial charge in [0.15, 0.2) is 5.78 Å². The quantitative estimate of drug-likeness (QED) is 0.297. The molecule has 2 N–H and O–H groups in total. The maximum absolute atomic E-state index is 13.0. The van der Waals surface area contributed by atoms with Crippen LogP contribution in [0, 0.1) is 17.8 Å². The Hall–Kier alpha value is -4.33. The van der Waals surface area contributed by atoms with E-state index in [1.807, 2.05) is 19.1 Å². The lowest BCUT2D eigenvalue weighted by Gasteiger charge is -2.17. The fraction of sp³-hybridized carbons (Fsp3) is 0.432. The van der Waals surface area contributed by atoms with E-state index in [-0.39, 0.29) is 30.0 Å². The van der Waals surface area contributed by atoms with Crippen molar-refractivity contribution in [3.05, 3.63) is 91.5 Å². The number of ether oxygens (including phenoxy) is 1. The summed E-state index contributed by atoms with van der Waals surface area (Å²) in [5.74, 6) is 0.438. The summed E-state index contributed by atoms with van der Waals surface area (Å²) in [4.78, 5) is 40.5. The minimum Gasteiger partial charge on any atom is -0.511 e. The fourth-order valence-corrected chi connectivity index (χ4v) is 7.39. The third kappa shape index (κ3) is 5.14. The van der Waals surface area contributed by atoms with Gasteiger partial charge >= 0.3 is 5.97 Å². The molecular weight excluding hydrogens is 564 g/mol. The molecule has 0 aromatic carbocycles. The summed E-state index contributed by atoms with van der Waals surface area (Å²) in [5.41, 5.74) is 13.0. The van der Waals surface area contributed by atoms with Crippen molar-refractivity contribution < 1.29 is 19.4 Å². The van der Waals surface area contributed by atoms with Crippen LogP contribution in [0.25, 0.3) is 0 Å². The molecule has 45 heavy (non-hydrogen) atoms. The summed E-state index contributed by atoms with van der Waals surface area (Å²) in [7, 11) is 1.41. The number of aliphatic hydroxyl groups excluding tert-OH is 1. The van der Waals surface area contributed by atoms with Crippen LogP contribution in [0.15, 0.2) is 106 Å². The lowest BCUT2D eigenvalue weighted by molar-refractivity contribution is -0.140. The average Bonchev–Trinajstić information content (AvgIpc) is 3.74. The number of hydrogen-bond donors (Lipinski definition) is 2. The van der Waals surface area contributed by atoms with Crippen molar-refractivity contribution in [2.45, 2.75) is 80.6 Å². The molecule has 8 bridgehead atoms. The predicted octanol–water partition coefficient (Wildman–Crippen LogP) is 7.23.